The van der Waals surface area contributed by atoms with Crippen LogP contribution in [-0.4, -0.2) is 34.9 Å². The molecule has 2 aromatic carbocycles. The maximum atomic E-state index is 13.4. The van der Waals surface area contributed by atoms with Crippen LogP contribution in [0.5, 0.6) is 11.5 Å². The Morgan fingerprint density at radius 1 is 1.20 bits per heavy atom. The number of benzene rings is 2. The molecule has 8 nitrogen and oxygen atoms in total. The van der Waals surface area contributed by atoms with Crippen LogP contribution in [-0.2, 0) is 4.79 Å². The number of ether oxygens (including phenoxy) is 2. The van der Waals surface area contributed by atoms with Gasteiger partial charge in [0.1, 0.15) is 23.9 Å². The van der Waals surface area contributed by atoms with Gasteiger partial charge in [0.2, 0.25) is 5.95 Å². The minimum absolute atomic E-state index is 0.269. The van der Waals surface area contributed by atoms with Gasteiger partial charge in [-0.2, -0.15) is 10.1 Å². The zero-order valence-electron chi connectivity index (χ0n) is 16.6. The van der Waals surface area contributed by atoms with E-state index >= 15 is 0 Å². The van der Waals surface area contributed by atoms with Crippen molar-refractivity contribution in [3.05, 3.63) is 70.1 Å². The predicted molar refractivity (Wildman–Crippen MR) is 117 cm³/mol. The van der Waals surface area contributed by atoms with Crippen LogP contribution in [0.15, 0.2) is 64.5 Å². The molecule has 0 bridgehead atoms. The summed E-state index contributed by atoms with van der Waals surface area (Å²) in [4.78, 5) is 17.7. The number of allylic oxidation sites excluding steroid dienone is 1. The lowest BCUT2D eigenvalue weighted by Crippen LogP contribution is -2.31. The van der Waals surface area contributed by atoms with Gasteiger partial charge in [0, 0.05) is 16.2 Å². The van der Waals surface area contributed by atoms with Gasteiger partial charge in [0.05, 0.1) is 25.5 Å². The Bertz CT molecular complexity index is 1140. The van der Waals surface area contributed by atoms with Gasteiger partial charge in [-0.05, 0) is 36.8 Å². The molecule has 1 aliphatic rings. The van der Waals surface area contributed by atoms with E-state index in [9.17, 15) is 4.79 Å². The highest BCUT2D eigenvalue weighted by molar-refractivity contribution is 9.10. The Morgan fingerprint density at radius 2 is 2.03 bits per heavy atom. The summed E-state index contributed by atoms with van der Waals surface area (Å²) < 4.78 is 13.3. The lowest BCUT2D eigenvalue weighted by Gasteiger charge is -2.29. The quantitative estimate of drug-likeness (QED) is 0.587. The molecule has 1 unspecified atom stereocenters. The van der Waals surface area contributed by atoms with Crippen molar-refractivity contribution in [2.24, 2.45) is 0 Å². The smallest absolute Gasteiger partial charge is 0.255 e. The van der Waals surface area contributed by atoms with E-state index in [1.807, 2.05) is 31.2 Å². The van der Waals surface area contributed by atoms with Crippen molar-refractivity contribution in [1.29, 1.82) is 0 Å². The van der Waals surface area contributed by atoms with E-state index in [0.717, 1.165) is 10.0 Å². The fourth-order valence-electron chi connectivity index (χ4n) is 3.46. The SMILES string of the molecule is COc1ccc(NC(=O)C2=C(C)Nc3ncnn3C2c2cccc(Br)c2)c(OC)c1. The monoisotopic (exact) mass is 469 g/mol. The molecule has 1 aromatic heterocycles. The third-order valence-electron chi connectivity index (χ3n) is 4.86. The van der Waals surface area contributed by atoms with Crippen LogP contribution in [0, 0.1) is 0 Å². The molecule has 1 aliphatic heterocycles. The van der Waals surface area contributed by atoms with Crippen LogP contribution >= 0.6 is 15.9 Å². The van der Waals surface area contributed by atoms with E-state index in [0.29, 0.717) is 34.4 Å². The van der Waals surface area contributed by atoms with Gasteiger partial charge in [-0.25, -0.2) is 4.68 Å². The lowest BCUT2D eigenvalue weighted by molar-refractivity contribution is -0.113. The molecule has 1 amide bonds. The summed E-state index contributed by atoms with van der Waals surface area (Å²) in [5.74, 6) is 1.45. The third-order valence-corrected chi connectivity index (χ3v) is 5.35. The molecule has 2 heterocycles. The second-order valence-electron chi connectivity index (χ2n) is 6.67. The van der Waals surface area contributed by atoms with Crippen LogP contribution in [0.2, 0.25) is 0 Å². The minimum atomic E-state index is -0.439. The second kappa shape index (κ2) is 8.19. The molecule has 0 saturated carbocycles. The van der Waals surface area contributed by atoms with Crippen LogP contribution in [0.4, 0.5) is 11.6 Å². The number of nitrogens with one attached hydrogen (secondary N) is 2. The maximum Gasteiger partial charge on any atom is 0.255 e. The zero-order chi connectivity index (χ0) is 21.3. The summed E-state index contributed by atoms with van der Waals surface area (Å²) in [7, 11) is 3.12. The first-order valence-electron chi connectivity index (χ1n) is 9.18. The number of rotatable bonds is 5. The number of hydrogen-bond acceptors (Lipinski definition) is 6. The largest absolute Gasteiger partial charge is 0.497 e. The number of fused-ring (bicyclic) bond motifs is 1. The Hall–Kier alpha value is -3.33. The van der Waals surface area contributed by atoms with Crippen molar-refractivity contribution >= 4 is 33.5 Å². The highest BCUT2D eigenvalue weighted by Crippen LogP contribution is 2.37. The number of halogens is 1. The van der Waals surface area contributed by atoms with Gasteiger partial charge in [0.25, 0.3) is 5.91 Å². The number of methoxy groups -OCH3 is 2. The third kappa shape index (κ3) is 3.63. The Labute approximate surface area is 182 Å². The predicted octanol–water partition coefficient (Wildman–Crippen LogP) is 3.99. The average molecular weight is 470 g/mol. The first kappa shape index (κ1) is 20.0. The molecule has 1 atom stereocenters. The maximum absolute atomic E-state index is 13.4. The van der Waals surface area contributed by atoms with Crippen LogP contribution in [0.3, 0.4) is 0 Å². The van der Waals surface area contributed by atoms with Crippen molar-refractivity contribution < 1.29 is 14.3 Å². The minimum Gasteiger partial charge on any atom is -0.497 e. The summed E-state index contributed by atoms with van der Waals surface area (Å²) in [6, 6.07) is 12.6. The molecule has 3 aromatic rings. The van der Waals surface area contributed by atoms with Gasteiger partial charge in [0.15, 0.2) is 0 Å². The molecule has 0 radical (unpaired) electrons. The van der Waals surface area contributed by atoms with Crippen LogP contribution < -0.4 is 20.1 Å². The average Bonchev–Trinajstić information content (AvgIpc) is 3.20. The highest BCUT2D eigenvalue weighted by atomic mass is 79.9. The molecule has 154 valence electrons. The number of nitrogens with zero attached hydrogens (tertiary/aromatic N) is 3. The van der Waals surface area contributed by atoms with E-state index in [2.05, 4.69) is 36.6 Å². The normalized spacial score (nSPS) is 15.3. The van der Waals surface area contributed by atoms with E-state index in [1.165, 1.54) is 6.33 Å². The molecular formula is C21H20BrN5O3. The number of hydrogen-bond donors (Lipinski definition) is 2. The van der Waals surface area contributed by atoms with E-state index < -0.39 is 6.04 Å². The Kier molecular flexibility index (Phi) is 5.45. The zero-order valence-corrected chi connectivity index (χ0v) is 18.2. The molecule has 0 saturated heterocycles. The summed E-state index contributed by atoms with van der Waals surface area (Å²) in [5, 5.41) is 10.5. The van der Waals surface area contributed by atoms with E-state index in [4.69, 9.17) is 9.47 Å². The van der Waals surface area contributed by atoms with Gasteiger partial charge in [-0.3, -0.25) is 4.79 Å². The molecule has 4 rings (SSSR count). The topological polar surface area (TPSA) is 90.3 Å². The standard InChI is InChI=1S/C21H20BrN5O3/c1-12-18(20(28)26-16-8-7-15(29-2)10-17(16)30-3)19(13-5-4-6-14(22)9-13)27-21(25-12)23-11-24-27/h4-11,19H,1-3H3,(H,26,28)(H,23,24,25). The van der Waals surface area contributed by atoms with Crippen molar-refractivity contribution in [2.75, 3.05) is 24.9 Å². The lowest BCUT2D eigenvalue weighted by atomic mass is 9.95. The first-order chi connectivity index (χ1) is 14.5. The van der Waals surface area contributed by atoms with Crippen molar-refractivity contribution in [2.45, 2.75) is 13.0 Å². The molecule has 9 heteroatoms. The number of carbonyl (C=O) groups is 1. The van der Waals surface area contributed by atoms with Gasteiger partial charge >= 0.3 is 0 Å². The number of anilines is 2. The van der Waals surface area contributed by atoms with Crippen molar-refractivity contribution in [3.8, 4) is 11.5 Å². The first-order valence-corrected chi connectivity index (χ1v) is 9.97. The number of amides is 1. The molecule has 0 spiro atoms. The van der Waals surface area contributed by atoms with E-state index in [-0.39, 0.29) is 5.91 Å². The molecule has 0 fully saturated rings. The van der Waals surface area contributed by atoms with E-state index in [1.54, 1.807) is 37.1 Å². The van der Waals surface area contributed by atoms with Crippen LogP contribution in [0.25, 0.3) is 0 Å². The Morgan fingerprint density at radius 3 is 2.77 bits per heavy atom. The summed E-state index contributed by atoms with van der Waals surface area (Å²) in [5.41, 5.74) is 2.68. The van der Waals surface area contributed by atoms with Crippen molar-refractivity contribution in [3.63, 3.8) is 0 Å². The molecule has 0 aliphatic carbocycles. The number of carbonyl (C=O) groups excluding carboxylic acids is 1. The van der Waals surface area contributed by atoms with Crippen LogP contribution in [0.1, 0.15) is 18.5 Å². The molecule has 2 N–H and O–H groups in total. The molecular weight excluding hydrogens is 450 g/mol. The second-order valence-corrected chi connectivity index (χ2v) is 7.59. The van der Waals surface area contributed by atoms with Gasteiger partial charge in [-0.1, -0.05) is 28.1 Å². The molecule has 30 heavy (non-hydrogen) atoms. The summed E-state index contributed by atoms with van der Waals surface area (Å²) in [6.07, 6.45) is 1.47. The highest BCUT2D eigenvalue weighted by Gasteiger charge is 2.33. The fraction of sp³-hybridized carbons (Fsp3) is 0.190. The summed E-state index contributed by atoms with van der Waals surface area (Å²) >= 11 is 3.51. The number of aromatic nitrogens is 3. The fourth-order valence-corrected chi connectivity index (χ4v) is 3.88. The Balaban J connectivity index is 1.75. The van der Waals surface area contributed by atoms with Gasteiger partial charge in [-0.15, -0.1) is 0 Å². The van der Waals surface area contributed by atoms with Gasteiger partial charge < -0.3 is 20.1 Å². The van der Waals surface area contributed by atoms with Crippen molar-refractivity contribution in [1.82, 2.24) is 14.8 Å². The summed E-state index contributed by atoms with van der Waals surface area (Å²) in [6.45, 7) is 1.85.